The normalized spacial score (nSPS) is 12.4. The van der Waals surface area contributed by atoms with Gasteiger partial charge in [-0.2, -0.15) is 0 Å². The van der Waals surface area contributed by atoms with Gasteiger partial charge in [0.15, 0.2) is 11.2 Å². The molecule has 26 heavy (non-hydrogen) atoms. The van der Waals surface area contributed by atoms with Crippen LogP contribution in [0.15, 0.2) is 38.7 Å². The minimum absolute atomic E-state index is 0.0466. The van der Waals surface area contributed by atoms with Gasteiger partial charge in [0.1, 0.15) is 12.3 Å². The maximum absolute atomic E-state index is 12.4. The van der Waals surface area contributed by atoms with Crippen molar-refractivity contribution in [1.29, 1.82) is 0 Å². The van der Waals surface area contributed by atoms with E-state index in [0.29, 0.717) is 0 Å². The molecule has 0 aliphatic heterocycles. The van der Waals surface area contributed by atoms with E-state index in [4.69, 9.17) is 4.42 Å². The third-order valence-corrected chi connectivity index (χ3v) is 4.34. The van der Waals surface area contributed by atoms with E-state index >= 15 is 0 Å². The lowest BCUT2D eigenvalue weighted by molar-refractivity contribution is -0.122. The Balaban J connectivity index is 1.71. The summed E-state index contributed by atoms with van der Waals surface area (Å²) in [6.45, 7) is 1.87. The molecule has 3 aromatic rings. The number of hydrogen-bond acceptors (Lipinski definition) is 5. The number of furan rings is 1. The van der Waals surface area contributed by atoms with Crippen molar-refractivity contribution in [2.45, 2.75) is 32.4 Å². The number of rotatable bonds is 6. The van der Waals surface area contributed by atoms with Crippen LogP contribution in [0.25, 0.3) is 11.2 Å². The van der Waals surface area contributed by atoms with Crippen LogP contribution in [0, 0.1) is 0 Å². The highest BCUT2D eigenvalue weighted by Crippen LogP contribution is 2.07. The number of nitrogens with zero attached hydrogens (tertiary/aromatic N) is 4. The quantitative estimate of drug-likeness (QED) is 0.675. The van der Waals surface area contributed by atoms with E-state index in [1.807, 2.05) is 19.1 Å². The first-order valence-electron chi connectivity index (χ1n) is 8.31. The number of nitrogens with one attached hydrogen (secondary N) is 1. The summed E-state index contributed by atoms with van der Waals surface area (Å²) in [6.07, 6.45) is 4.49. The molecule has 0 saturated heterocycles. The zero-order valence-electron chi connectivity index (χ0n) is 14.9. The van der Waals surface area contributed by atoms with Gasteiger partial charge < -0.3 is 14.3 Å². The summed E-state index contributed by atoms with van der Waals surface area (Å²) in [5, 5.41) is 2.90. The van der Waals surface area contributed by atoms with Gasteiger partial charge in [-0.1, -0.05) is 0 Å². The molecule has 0 unspecified atom stereocenters. The van der Waals surface area contributed by atoms with Crippen molar-refractivity contribution < 1.29 is 9.21 Å². The van der Waals surface area contributed by atoms with Crippen molar-refractivity contribution >= 4 is 17.1 Å². The van der Waals surface area contributed by atoms with Crippen LogP contribution in [0.4, 0.5) is 0 Å². The Morgan fingerprint density at radius 2 is 2.08 bits per heavy atom. The molecule has 0 aromatic carbocycles. The predicted molar refractivity (Wildman–Crippen MR) is 94.8 cm³/mol. The second-order valence-electron chi connectivity index (χ2n) is 6.34. The van der Waals surface area contributed by atoms with Gasteiger partial charge in [0.25, 0.3) is 5.56 Å². The number of carbonyl (C=O) groups excluding carboxylic acids is 1. The second kappa shape index (κ2) is 7.03. The molecule has 0 saturated carbocycles. The standard InChI is InChI=1S/C17H21N5O4/c1-11(6-7-12-5-4-8-26-12)19-13(23)9-22-10-18-15-14(22)16(24)21(3)17(25)20(15)2/h4-5,8,10-11H,6-7,9H2,1-3H3,(H,19,23)/t11-/m0/s1. The van der Waals surface area contributed by atoms with Crippen molar-refractivity contribution in [2.24, 2.45) is 14.1 Å². The SMILES string of the molecule is C[C@@H](CCc1ccco1)NC(=O)Cn1cnc2c1c(=O)n(C)c(=O)n2C. The summed E-state index contributed by atoms with van der Waals surface area (Å²) in [7, 11) is 2.94. The van der Waals surface area contributed by atoms with Crippen LogP contribution in [0.5, 0.6) is 0 Å². The van der Waals surface area contributed by atoms with Gasteiger partial charge in [-0.15, -0.1) is 0 Å². The van der Waals surface area contributed by atoms with Crippen molar-refractivity contribution in [3.05, 3.63) is 51.3 Å². The van der Waals surface area contributed by atoms with Crippen LogP contribution in [0.3, 0.4) is 0 Å². The minimum atomic E-state index is -0.473. The maximum Gasteiger partial charge on any atom is 0.332 e. The topological polar surface area (TPSA) is 104 Å². The lowest BCUT2D eigenvalue weighted by atomic mass is 10.1. The number of amides is 1. The van der Waals surface area contributed by atoms with Crippen LogP contribution < -0.4 is 16.6 Å². The Morgan fingerprint density at radius 3 is 2.77 bits per heavy atom. The molecule has 0 aliphatic rings. The van der Waals surface area contributed by atoms with Gasteiger partial charge in [-0.3, -0.25) is 18.7 Å². The highest BCUT2D eigenvalue weighted by molar-refractivity contribution is 5.79. The highest BCUT2D eigenvalue weighted by Gasteiger charge is 2.16. The molecule has 0 aliphatic carbocycles. The number of hydrogen-bond donors (Lipinski definition) is 1. The molecule has 0 radical (unpaired) electrons. The molecule has 1 amide bonds. The summed E-state index contributed by atoms with van der Waals surface area (Å²) in [5.74, 6) is 0.642. The molecular weight excluding hydrogens is 338 g/mol. The number of aryl methyl sites for hydroxylation is 2. The van der Waals surface area contributed by atoms with E-state index in [1.165, 1.54) is 29.6 Å². The monoisotopic (exact) mass is 359 g/mol. The largest absolute Gasteiger partial charge is 0.469 e. The van der Waals surface area contributed by atoms with E-state index < -0.39 is 11.2 Å². The lowest BCUT2D eigenvalue weighted by Crippen LogP contribution is -2.39. The number of carbonyl (C=O) groups is 1. The van der Waals surface area contributed by atoms with Crippen LogP contribution in [-0.2, 0) is 31.9 Å². The van der Waals surface area contributed by atoms with E-state index in [1.54, 1.807) is 6.26 Å². The third kappa shape index (κ3) is 3.32. The molecule has 1 N–H and O–H groups in total. The van der Waals surface area contributed by atoms with Crippen molar-refractivity contribution in [3.63, 3.8) is 0 Å². The second-order valence-corrected chi connectivity index (χ2v) is 6.34. The zero-order valence-corrected chi connectivity index (χ0v) is 14.9. The van der Waals surface area contributed by atoms with E-state index in [0.717, 1.165) is 23.2 Å². The molecule has 138 valence electrons. The number of imidazole rings is 1. The smallest absolute Gasteiger partial charge is 0.332 e. The lowest BCUT2D eigenvalue weighted by Gasteiger charge is -2.13. The Kier molecular flexibility index (Phi) is 4.79. The Hall–Kier alpha value is -3.10. The first-order chi connectivity index (χ1) is 12.4. The van der Waals surface area contributed by atoms with Gasteiger partial charge in [-0.25, -0.2) is 9.78 Å². The molecule has 0 bridgehead atoms. The van der Waals surface area contributed by atoms with Gasteiger partial charge in [-0.05, 0) is 25.5 Å². The van der Waals surface area contributed by atoms with E-state index in [-0.39, 0.29) is 29.7 Å². The van der Waals surface area contributed by atoms with Crippen LogP contribution in [0.1, 0.15) is 19.1 Å². The van der Waals surface area contributed by atoms with Gasteiger partial charge in [0.05, 0.1) is 12.6 Å². The number of aromatic nitrogens is 4. The average molecular weight is 359 g/mol. The summed E-state index contributed by atoms with van der Waals surface area (Å²) >= 11 is 0. The summed E-state index contributed by atoms with van der Waals surface area (Å²) < 4.78 is 9.03. The Bertz CT molecular complexity index is 1040. The molecule has 0 fully saturated rings. The van der Waals surface area contributed by atoms with Crippen molar-refractivity contribution in [1.82, 2.24) is 24.0 Å². The first-order valence-corrected chi connectivity index (χ1v) is 8.31. The molecule has 3 rings (SSSR count). The van der Waals surface area contributed by atoms with E-state index in [9.17, 15) is 14.4 Å². The predicted octanol–water partition coefficient (Wildman–Crippen LogP) is 0.164. The van der Waals surface area contributed by atoms with E-state index in [2.05, 4.69) is 10.3 Å². The maximum atomic E-state index is 12.4. The van der Waals surface area contributed by atoms with Crippen LogP contribution >= 0.6 is 0 Å². The Morgan fingerprint density at radius 1 is 1.31 bits per heavy atom. The fraction of sp³-hybridized carbons (Fsp3) is 0.412. The van der Waals surface area contributed by atoms with Crippen LogP contribution in [-0.4, -0.2) is 30.6 Å². The molecule has 3 heterocycles. The van der Waals surface area contributed by atoms with Crippen molar-refractivity contribution in [3.8, 4) is 0 Å². The molecule has 0 spiro atoms. The third-order valence-electron chi connectivity index (χ3n) is 4.34. The van der Waals surface area contributed by atoms with Gasteiger partial charge in [0.2, 0.25) is 5.91 Å². The molecule has 9 nitrogen and oxygen atoms in total. The van der Waals surface area contributed by atoms with Crippen LogP contribution in [0.2, 0.25) is 0 Å². The summed E-state index contributed by atoms with van der Waals surface area (Å²) in [5.41, 5.74) is -0.437. The molecule has 9 heteroatoms. The van der Waals surface area contributed by atoms with Crippen molar-refractivity contribution in [2.75, 3.05) is 0 Å². The van der Waals surface area contributed by atoms with Gasteiger partial charge >= 0.3 is 5.69 Å². The zero-order chi connectivity index (χ0) is 18.8. The number of fused-ring (bicyclic) bond motifs is 1. The average Bonchev–Trinajstić information content (AvgIpc) is 3.26. The summed E-state index contributed by atoms with van der Waals surface area (Å²) in [4.78, 5) is 40.7. The fourth-order valence-electron chi connectivity index (χ4n) is 2.88. The fourth-order valence-corrected chi connectivity index (χ4v) is 2.88. The molecule has 1 atom stereocenters. The Labute approximate surface area is 148 Å². The first kappa shape index (κ1) is 17.7. The highest BCUT2D eigenvalue weighted by atomic mass is 16.3. The summed E-state index contributed by atoms with van der Waals surface area (Å²) in [6, 6.07) is 3.68. The molecular formula is C17H21N5O4. The minimum Gasteiger partial charge on any atom is -0.469 e. The van der Waals surface area contributed by atoms with Gasteiger partial charge in [0, 0.05) is 26.6 Å². The molecule has 3 aromatic heterocycles.